The van der Waals surface area contributed by atoms with Gasteiger partial charge in [-0.05, 0) is 42.8 Å². The summed E-state index contributed by atoms with van der Waals surface area (Å²) in [5.41, 5.74) is 1.01. The van der Waals surface area contributed by atoms with Crippen LogP contribution in [0.25, 0.3) is 0 Å². The molecule has 2 rings (SSSR count). The molecule has 0 aliphatic carbocycles. The van der Waals surface area contributed by atoms with Gasteiger partial charge in [0.1, 0.15) is 0 Å². The summed E-state index contributed by atoms with van der Waals surface area (Å²) < 4.78 is 26.6. The lowest BCUT2D eigenvalue weighted by Gasteiger charge is -2.08. The molecule has 0 atom stereocenters. The lowest BCUT2D eigenvalue weighted by Crippen LogP contribution is -2.14. The first kappa shape index (κ1) is 14.2. The van der Waals surface area contributed by atoms with Crippen LogP contribution in [0.3, 0.4) is 0 Å². The molecule has 2 aromatic rings. The van der Waals surface area contributed by atoms with Gasteiger partial charge < -0.3 is 0 Å². The third-order valence-electron chi connectivity index (χ3n) is 2.50. The Bertz CT molecular complexity index is 782. The van der Waals surface area contributed by atoms with Crippen molar-refractivity contribution in [1.29, 1.82) is 5.26 Å². The fourth-order valence-corrected chi connectivity index (χ4v) is 2.68. The first-order valence-electron chi connectivity index (χ1n) is 5.45. The van der Waals surface area contributed by atoms with Gasteiger partial charge in [0.2, 0.25) is 0 Å². The van der Waals surface area contributed by atoms with Crippen LogP contribution in [0.1, 0.15) is 11.1 Å². The predicted molar refractivity (Wildman–Crippen MR) is 73.7 cm³/mol. The molecule has 1 aromatic heterocycles. The van der Waals surface area contributed by atoms with Crippen molar-refractivity contribution in [2.75, 3.05) is 4.72 Å². The second-order valence-electron chi connectivity index (χ2n) is 3.94. The Kier molecular flexibility index (Phi) is 3.88. The van der Waals surface area contributed by atoms with Gasteiger partial charge in [0.15, 0.2) is 11.0 Å². The highest BCUT2D eigenvalue weighted by Gasteiger charge is 2.16. The van der Waals surface area contributed by atoms with Crippen molar-refractivity contribution >= 4 is 27.4 Å². The van der Waals surface area contributed by atoms with E-state index in [1.165, 1.54) is 30.3 Å². The van der Waals surface area contributed by atoms with Gasteiger partial charge in [0.05, 0.1) is 16.5 Å². The van der Waals surface area contributed by atoms with E-state index in [4.69, 9.17) is 16.9 Å². The van der Waals surface area contributed by atoms with E-state index < -0.39 is 10.0 Å². The molecule has 8 heteroatoms. The smallest absolute Gasteiger partial charge is 0.262 e. The molecule has 20 heavy (non-hydrogen) atoms. The van der Waals surface area contributed by atoms with Gasteiger partial charge in [0, 0.05) is 0 Å². The second-order valence-corrected chi connectivity index (χ2v) is 6.00. The Labute approximate surface area is 121 Å². The van der Waals surface area contributed by atoms with Gasteiger partial charge in [-0.2, -0.15) is 5.26 Å². The fraction of sp³-hybridized carbons (Fsp3) is 0.0833. The number of aromatic nitrogens is 2. The largest absolute Gasteiger partial charge is 0.263 e. The molecule has 0 aliphatic rings. The number of nitrogens with zero attached hydrogens (tertiary/aromatic N) is 3. The number of nitrogens with one attached hydrogen (secondary N) is 1. The van der Waals surface area contributed by atoms with Crippen LogP contribution in [0.15, 0.2) is 35.2 Å². The summed E-state index contributed by atoms with van der Waals surface area (Å²) in [6, 6.07) is 9.05. The third-order valence-corrected chi connectivity index (χ3v) is 4.05. The summed E-state index contributed by atoms with van der Waals surface area (Å²) >= 11 is 5.57. The van der Waals surface area contributed by atoms with Crippen molar-refractivity contribution in [3.63, 3.8) is 0 Å². The van der Waals surface area contributed by atoms with E-state index in [1.807, 2.05) is 6.07 Å². The molecule has 0 amide bonds. The maximum absolute atomic E-state index is 12.1. The Morgan fingerprint density at radius 3 is 2.55 bits per heavy atom. The number of halogens is 1. The van der Waals surface area contributed by atoms with E-state index in [1.54, 1.807) is 6.92 Å². The van der Waals surface area contributed by atoms with Crippen LogP contribution in [-0.2, 0) is 10.0 Å². The Hall–Kier alpha value is -2.17. The van der Waals surface area contributed by atoms with Gasteiger partial charge in [-0.15, -0.1) is 10.2 Å². The highest BCUT2D eigenvalue weighted by Crippen LogP contribution is 2.18. The van der Waals surface area contributed by atoms with Crippen molar-refractivity contribution in [1.82, 2.24) is 10.2 Å². The monoisotopic (exact) mass is 308 g/mol. The molecule has 0 unspecified atom stereocenters. The standard InChI is InChI=1S/C12H9ClN4O2S/c1-8-6-10(3-2-9(8)7-14)20(18,19)17-12-5-4-11(13)15-16-12/h2-6H,1H3,(H,16,17). The van der Waals surface area contributed by atoms with E-state index in [-0.39, 0.29) is 15.9 Å². The van der Waals surface area contributed by atoms with Crippen LogP contribution >= 0.6 is 11.6 Å². The number of hydrogen-bond donors (Lipinski definition) is 1. The summed E-state index contributed by atoms with van der Waals surface area (Å²) in [4.78, 5) is 0.0470. The number of anilines is 1. The summed E-state index contributed by atoms with van der Waals surface area (Å²) in [6.07, 6.45) is 0. The fourth-order valence-electron chi connectivity index (χ4n) is 1.50. The van der Waals surface area contributed by atoms with Crippen LogP contribution in [0.2, 0.25) is 5.15 Å². The third kappa shape index (κ3) is 3.04. The first-order chi connectivity index (χ1) is 9.42. The van der Waals surface area contributed by atoms with E-state index >= 15 is 0 Å². The maximum Gasteiger partial charge on any atom is 0.263 e. The summed E-state index contributed by atoms with van der Waals surface area (Å²) in [6.45, 7) is 1.67. The molecule has 1 heterocycles. The zero-order valence-electron chi connectivity index (χ0n) is 10.3. The van der Waals surface area contributed by atoms with Crippen LogP contribution in [0.5, 0.6) is 0 Å². The van der Waals surface area contributed by atoms with E-state index in [9.17, 15) is 8.42 Å². The van der Waals surface area contributed by atoms with Gasteiger partial charge in [-0.1, -0.05) is 11.6 Å². The van der Waals surface area contributed by atoms with Gasteiger partial charge in [0.25, 0.3) is 10.0 Å². The van der Waals surface area contributed by atoms with Crippen molar-refractivity contribution in [2.45, 2.75) is 11.8 Å². The van der Waals surface area contributed by atoms with Crippen molar-refractivity contribution in [2.24, 2.45) is 0 Å². The van der Waals surface area contributed by atoms with Crippen LogP contribution in [0.4, 0.5) is 5.82 Å². The molecule has 1 N–H and O–H groups in total. The molecular weight excluding hydrogens is 300 g/mol. The molecule has 0 saturated heterocycles. The average molecular weight is 309 g/mol. The zero-order valence-corrected chi connectivity index (χ0v) is 11.9. The van der Waals surface area contributed by atoms with Crippen molar-refractivity contribution < 1.29 is 8.42 Å². The molecule has 0 bridgehead atoms. The van der Waals surface area contributed by atoms with Gasteiger partial charge in [-0.25, -0.2) is 8.42 Å². The molecule has 1 aromatic carbocycles. The summed E-state index contributed by atoms with van der Waals surface area (Å²) in [5.74, 6) is 0.0661. The SMILES string of the molecule is Cc1cc(S(=O)(=O)Nc2ccc(Cl)nn2)ccc1C#N. The van der Waals surface area contributed by atoms with Gasteiger partial charge in [-0.3, -0.25) is 4.72 Å². The molecule has 0 saturated carbocycles. The Morgan fingerprint density at radius 2 is 2.00 bits per heavy atom. The lowest BCUT2D eigenvalue weighted by molar-refractivity contribution is 0.601. The topological polar surface area (TPSA) is 95.7 Å². The number of hydrogen-bond acceptors (Lipinski definition) is 5. The predicted octanol–water partition coefficient (Wildman–Crippen LogP) is 2.11. The first-order valence-corrected chi connectivity index (χ1v) is 7.31. The molecule has 6 nitrogen and oxygen atoms in total. The van der Waals surface area contributed by atoms with E-state index in [0.717, 1.165) is 0 Å². The highest BCUT2D eigenvalue weighted by atomic mass is 35.5. The maximum atomic E-state index is 12.1. The lowest BCUT2D eigenvalue weighted by atomic mass is 10.1. The minimum Gasteiger partial charge on any atom is -0.262 e. The van der Waals surface area contributed by atoms with E-state index in [0.29, 0.717) is 11.1 Å². The van der Waals surface area contributed by atoms with Crippen LogP contribution in [0, 0.1) is 18.3 Å². The number of benzene rings is 1. The zero-order chi connectivity index (χ0) is 14.8. The Balaban J connectivity index is 2.33. The molecular formula is C12H9ClN4O2S. The minimum absolute atomic E-state index is 0.0470. The van der Waals surface area contributed by atoms with Crippen molar-refractivity contribution in [3.05, 3.63) is 46.6 Å². The molecule has 102 valence electrons. The van der Waals surface area contributed by atoms with Crippen molar-refractivity contribution in [3.8, 4) is 6.07 Å². The normalized spacial score (nSPS) is 10.8. The quantitative estimate of drug-likeness (QED) is 0.936. The number of aryl methyl sites for hydroxylation is 1. The minimum atomic E-state index is -3.78. The average Bonchev–Trinajstić information content (AvgIpc) is 2.41. The summed E-state index contributed by atoms with van der Waals surface area (Å²) in [5, 5.41) is 16.2. The summed E-state index contributed by atoms with van der Waals surface area (Å²) in [7, 11) is -3.78. The molecule has 0 radical (unpaired) electrons. The van der Waals surface area contributed by atoms with Crippen LogP contribution < -0.4 is 4.72 Å². The Morgan fingerprint density at radius 1 is 1.25 bits per heavy atom. The van der Waals surface area contributed by atoms with Crippen LogP contribution in [-0.4, -0.2) is 18.6 Å². The second kappa shape index (κ2) is 5.45. The number of rotatable bonds is 3. The molecule has 0 spiro atoms. The number of sulfonamides is 1. The number of nitriles is 1. The van der Waals surface area contributed by atoms with Gasteiger partial charge >= 0.3 is 0 Å². The van der Waals surface area contributed by atoms with E-state index in [2.05, 4.69) is 14.9 Å². The molecule has 0 aliphatic heterocycles. The highest BCUT2D eigenvalue weighted by molar-refractivity contribution is 7.92. The molecule has 0 fully saturated rings.